The summed E-state index contributed by atoms with van der Waals surface area (Å²) in [5.74, 6) is -0.346. The van der Waals surface area contributed by atoms with E-state index in [9.17, 15) is 4.39 Å². The van der Waals surface area contributed by atoms with E-state index in [1.807, 2.05) is 0 Å². The van der Waals surface area contributed by atoms with Crippen LogP contribution in [0.25, 0.3) is 0 Å². The largest absolute Gasteiger partial charge is 0.435 e. The van der Waals surface area contributed by atoms with Crippen molar-refractivity contribution in [3.63, 3.8) is 0 Å². The molecule has 0 unspecified atom stereocenters. The smallest absolute Gasteiger partial charge is 0.256 e. The van der Waals surface area contributed by atoms with E-state index in [1.54, 1.807) is 12.1 Å². The number of aromatic nitrogens is 2. The number of hydrogen-bond acceptors (Lipinski definition) is 3. The van der Waals surface area contributed by atoms with Gasteiger partial charge in [-0.05, 0) is 34.1 Å². The van der Waals surface area contributed by atoms with Crippen LogP contribution < -0.4 is 4.74 Å². The summed E-state index contributed by atoms with van der Waals surface area (Å²) in [7, 11) is 0. The lowest BCUT2D eigenvalue weighted by Gasteiger charge is -2.04. The topological polar surface area (TPSA) is 35.0 Å². The maximum Gasteiger partial charge on any atom is 0.256 e. The lowest BCUT2D eigenvalue weighted by molar-refractivity contribution is 0.421. The van der Waals surface area contributed by atoms with Gasteiger partial charge in [0.15, 0.2) is 5.82 Å². The van der Waals surface area contributed by atoms with E-state index in [-0.39, 0.29) is 10.9 Å². The van der Waals surface area contributed by atoms with Crippen molar-refractivity contribution < 1.29 is 9.13 Å². The van der Waals surface area contributed by atoms with Gasteiger partial charge in [-0.1, -0.05) is 11.6 Å². The van der Waals surface area contributed by atoms with Crippen LogP contribution in [-0.2, 0) is 0 Å². The zero-order valence-electron chi connectivity index (χ0n) is 7.82. The second kappa shape index (κ2) is 4.76. The Hall–Kier alpha value is -1.20. The molecular formula is C10H5BrClFN2O. The first-order chi connectivity index (χ1) is 7.65. The fraction of sp³-hybridized carbons (Fsp3) is 0. The van der Waals surface area contributed by atoms with Gasteiger partial charge in [-0.15, -0.1) is 0 Å². The summed E-state index contributed by atoms with van der Waals surface area (Å²) < 4.78 is 19.2. The Balaban J connectivity index is 2.23. The van der Waals surface area contributed by atoms with Crippen LogP contribution in [0.3, 0.4) is 0 Å². The number of ether oxygens (including phenoxy) is 1. The molecule has 16 heavy (non-hydrogen) atoms. The van der Waals surface area contributed by atoms with Gasteiger partial charge in [-0.25, -0.2) is 14.4 Å². The van der Waals surface area contributed by atoms with E-state index >= 15 is 0 Å². The highest BCUT2D eigenvalue weighted by molar-refractivity contribution is 9.10. The molecule has 0 aliphatic carbocycles. The van der Waals surface area contributed by atoms with Crippen molar-refractivity contribution in [1.82, 2.24) is 9.97 Å². The van der Waals surface area contributed by atoms with Crippen LogP contribution in [0.5, 0.6) is 11.6 Å². The van der Waals surface area contributed by atoms with Gasteiger partial charge >= 0.3 is 0 Å². The molecule has 82 valence electrons. The van der Waals surface area contributed by atoms with E-state index in [2.05, 4.69) is 25.9 Å². The van der Waals surface area contributed by atoms with Crippen LogP contribution in [0.1, 0.15) is 0 Å². The lowest BCUT2D eigenvalue weighted by atomic mass is 10.4. The zero-order chi connectivity index (χ0) is 11.5. The third kappa shape index (κ3) is 2.68. The van der Waals surface area contributed by atoms with Crippen molar-refractivity contribution in [2.24, 2.45) is 0 Å². The molecular weight excluding hydrogens is 298 g/mol. The molecule has 0 aliphatic rings. The van der Waals surface area contributed by atoms with Crippen molar-refractivity contribution in [3.05, 3.63) is 46.0 Å². The van der Waals surface area contributed by atoms with Gasteiger partial charge in [-0.3, -0.25) is 0 Å². The Morgan fingerprint density at radius 1 is 1.25 bits per heavy atom. The molecule has 2 aromatic heterocycles. The van der Waals surface area contributed by atoms with Gasteiger partial charge in [0, 0.05) is 6.20 Å². The first-order valence-electron chi connectivity index (χ1n) is 4.25. The minimum absolute atomic E-state index is 0.131. The van der Waals surface area contributed by atoms with Crippen LogP contribution in [0.2, 0.25) is 5.02 Å². The third-order valence-corrected chi connectivity index (χ3v) is 2.36. The van der Waals surface area contributed by atoms with E-state index in [1.165, 1.54) is 12.4 Å². The molecule has 2 aromatic rings. The fourth-order valence-corrected chi connectivity index (χ4v) is 1.39. The molecule has 0 saturated heterocycles. The molecule has 0 atom stereocenters. The van der Waals surface area contributed by atoms with Gasteiger partial charge in [0.2, 0.25) is 0 Å². The molecule has 6 heteroatoms. The van der Waals surface area contributed by atoms with E-state index in [0.717, 1.165) is 6.07 Å². The molecule has 2 heterocycles. The monoisotopic (exact) mass is 302 g/mol. The first kappa shape index (κ1) is 11.3. The maximum atomic E-state index is 13.3. The Kier molecular flexibility index (Phi) is 3.36. The van der Waals surface area contributed by atoms with Crippen molar-refractivity contribution in [3.8, 4) is 11.6 Å². The van der Waals surface area contributed by atoms with E-state index in [0.29, 0.717) is 10.4 Å². The normalized spacial score (nSPS) is 10.2. The Morgan fingerprint density at radius 3 is 2.69 bits per heavy atom. The molecule has 0 amide bonds. The number of rotatable bonds is 2. The molecule has 0 N–H and O–H groups in total. The number of nitrogens with zero attached hydrogens (tertiary/aromatic N) is 2. The van der Waals surface area contributed by atoms with Crippen molar-refractivity contribution >= 4 is 27.5 Å². The summed E-state index contributed by atoms with van der Waals surface area (Å²) in [6.45, 7) is 0. The standard InChI is InChI=1S/C10H5BrClFN2O/c11-9-2-1-7(5-14-9)16-10-8(13)3-6(12)4-15-10/h1-5H. The Morgan fingerprint density at radius 2 is 2.06 bits per heavy atom. The Labute approximate surface area is 104 Å². The molecule has 0 spiro atoms. The molecule has 0 bridgehead atoms. The first-order valence-corrected chi connectivity index (χ1v) is 5.43. The van der Waals surface area contributed by atoms with Crippen LogP contribution in [-0.4, -0.2) is 9.97 Å². The second-order valence-electron chi connectivity index (χ2n) is 2.86. The van der Waals surface area contributed by atoms with Crippen LogP contribution in [0.4, 0.5) is 4.39 Å². The molecule has 0 aliphatic heterocycles. The van der Waals surface area contributed by atoms with Crippen molar-refractivity contribution in [1.29, 1.82) is 0 Å². The summed E-state index contributed by atoms with van der Waals surface area (Å²) in [4.78, 5) is 7.66. The summed E-state index contributed by atoms with van der Waals surface area (Å²) in [6, 6.07) is 4.46. The van der Waals surface area contributed by atoms with E-state index in [4.69, 9.17) is 16.3 Å². The highest BCUT2D eigenvalue weighted by Gasteiger charge is 2.07. The summed E-state index contributed by atoms with van der Waals surface area (Å²) in [5.41, 5.74) is 0. The number of hydrogen-bond donors (Lipinski definition) is 0. The van der Waals surface area contributed by atoms with Crippen molar-refractivity contribution in [2.45, 2.75) is 0 Å². The third-order valence-electron chi connectivity index (χ3n) is 1.69. The summed E-state index contributed by atoms with van der Waals surface area (Å²) in [5, 5.41) is 0.221. The van der Waals surface area contributed by atoms with Crippen LogP contribution in [0, 0.1) is 5.82 Å². The molecule has 0 saturated carbocycles. The zero-order valence-corrected chi connectivity index (χ0v) is 10.2. The summed E-state index contributed by atoms with van der Waals surface area (Å²) in [6.07, 6.45) is 2.77. The van der Waals surface area contributed by atoms with Gasteiger partial charge in [0.1, 0.15) is 10.4 Å². The quantitative estimate of drug-likeness (QED) is 0.791. The lowest BCUT2D eigenvalue weighted by Crippen LogP contribution is -1.92. The van der Waals surface area contributed by atoms with Crippen LogP contribution >= 0.6 is 27.5 Å². The van der Waals surface area contributed by atoms with Gasteiger partial charge in [0.25, 0.3) is 5.88 Å². The predicted molar refractivity (Wildman–Crippen MR) is 61.2 cm³/mol. The van der Waals surface area contributed by atoms with E-state index < -0.39 is 5.82 Å². The summed E-state index contributed by atoms with van der Waals surface area (Å²) >= 11 is 8.75. The average molecular weight is 304 g/mol. The highest BCUT2D eigenvalue weighted by Crippen LogP contribution is 2.23. The fourth-order valence-electron chi connectivity index (χ4n) is 1.01. The second-order valence-corrected chi connectivity index (χ2v) is 4.11. The maximum absolute atomic E-state index is 13.3. The predicted octanol–water partition coefficient (Wildman–Crippen LogP) is 3.82. The minimum Gasteiger partial charge on any atom is -0.435 e. The molecule has 0 aromatic carbocycles. The molecule has 0 fully saturated rings. The average Bonchev–Trinajstić information content (AvgIpc) is 2.25. The minimum atomic E-state index is -0.615. The Bertz CT molecular complexity index is 507. The molecule has 3 nitrogen and oxygen atoms in total. The number of halogens is 3. The van der Waals surface area contributed by atoms with Crippen LogP contribution in [0.15, 0.2) is 35.2 Å². The van der Waals surface area contributed by atoms with Gasteiger partial charge < -0.3 is 4.74 Å². The molecule has 2 rings (SSSR count). The van der Waals surface area contributed by atoms with Gasteiger partial charge in [0.05, 0.1) is 11.2 Å². The van der Waals surface area contributed by atoms with Crippen molar-refractivity contribution in [2.75, 3.05) is 0 Å². The molecule has 0 radical (unpaired) electrons. The highest BCUT2D eigenvalue weighted by atomic mass is 79.9. The van der Waals surface area contributed by atoms with Gasteiger partial charge in [-0.2, -0.15) is 0 Å². The SMILES string of the molecule is Fc1cc(Cl)cnc1Oc1ccc(Br)nc1. The number of pyridine rings is 2.